The highest BCUT2D eigenvalue weighted by molar-refractivity contribution is 5.69. The number of aliphatic carboxylic acids is 2. The van der Waals surface area contributed by atoms with Gasteiger partial charge in [0.05, 0.1) is 12.3 Å². The number of rotatable bonds is 9. The predicted molar refractivity (Wildman–Crippen MR) is 64.0 cm³/mol. The van der Waals surface area contributed by atoms with E-state index in [4.69, 9.17) is 10.2 Å². The van der Waals surface area contributed by atoms with Gasteiger partial charge in [-0.15, -0.1) is 0 Å². The maximum atomic E-state index is 10.8. The number of likely N-dealkylation sites (N-methyl/N-ethyl adjacent to an activating group) is 1. The van der Waals surface area contributed by atoms with Crippen LogP contribution >= 0.6 is 0 Å². The molecule has 100 valence electrons. The van der Waals surface area contributed by atoms with Crippen LogP contribution in [0.5, 0.6) is 0 Å². The van der Waals surface area contributed by atoms with Crippen LogP contribution in [-0.4, -0.2) is 72.2 Å². The summed E-state index contributed by atoms with van der Waals surface area (Å²) in [7, 11) is 3.85. The van der Waals surface area contributed by atoms with Gasteiger partial charge < -0.3 is 20.0 Å². The molecular formula is C11H22N2O4. The molecule has 1 atom stereocenters. The summed E-state index contributed by atoms with van der Waals surface area (Å²) in [5.74, 6) is -2.19. The molecule has 6 nitrogen and oxygen atoms in total. The number of carboxylic acid groups (broad SMARTS) is 2. The second-order valence-electron chi connectivity index (χ2n) is 4.49. The van der Waals surface area contributed by atoms with Crippen molar-refractivity contribution in [3.05, 3.63) is 0 Å². The number of hydrogen-bond acceptors (Lipinski definition) is 4. The fourth-order valence-electron chi connectivity index (χ4n) is 1.35. The highest BCUT2D eigenvalue weighted by atomic mass is 16.4. The van der Waals surface area contributed by atoms with Gasteiger partial charge in [-0.3, -0.25) is 9.59 Å². The highest BCUT2D eigenvalue weighted by Crippen LogP contribution is 2.02. The van der Waals surface area contributed by atoms with Crippen LogP contribution in [0.4, 0.5) is 0 Å². The van der Waals surface area contributed by atoms with E-state index < -0.39 is 17.9 Å². The van der Waals surface area contributed by atoms with Crippen LogP contribution in [0.3, 0.4) is 0 Å². The lowest BCUT2D eigenvalue weighted by Gasteiger charge is -2.25. The van der Waals surface area contributed by atoms with E-state index in [1.165, 1.54) is 0 Å². The summed E-state index contributed by atoms with van der Waals surface area (Å²) in [4.78, 5) is 25.1. The maximum Gasteiger partial charge on any atom is 0.307 e. The Hall–Kier alpha value is -1.14. The van der Waals surface area contributed by atoms with Crippen molar-refractivity contribution in [2.75, 3.05) is 40.3 Å². The predicted octanol–water partition coefficient (Wildman–Crippen LogP) is 0.0454. The summed E-state index contributed by atoms with van der Waals surface area (Å²) >= 11 is 0. The molecule has 0 aliphatic carbocycles. The van der Waals surface area contributed by atoms with Crippen molar-refractivity contribution < 1.29 is 19.8 Å². The third kappa shape index (κ3) is 8.65. The van der Waals surface area contributed by atoms with Gasteiger partial charge in [0.2, 0.25) is 0 Å². The Morgan fingerprint density at radius 1 is 1.12 bits per heavy atom. The van der Waals surface area contributed by atoms with Crippen LogP contribution in [0.25, 0.3) is 0 Å². The minimum atomic E-state index is -0.858. The second-order valence-corrected chi connectivity index (χ2v) is 4.49. The molecule has 0 rings (SSSR count). The molecule has 0 radical (unpaired) electrons. The van der Waals surface area contributed by atoms with E-state index in [9.17, 15) is 9.59 Å². The van der Waals surface area contributed by atoms with Crippen LogP contribution in [0.1, 0.15) is 13.3 Å². The van der Waals surface area contributed by atoms with E-state index >= 15 is 0 Å². The van der Waals surface area contributed by atoms with E-state index in [-0.39, 0.29) is 6.42 Å². The Morgan fingerprint density at radius 3 is 2.12 bits per heavy atom. The monoisotopic (exact) mass is 246 g/mol. The Kier molecular flexibility index (Phi) is 7.49. The first kappa shape index (κ1) is 15.9. The lowest BCUT2D eigenvalue weighted by molar-refractivity contribution is -0.141. The normalized spacial score (nSPS) is 13.0. The average molecular weight is 246 g/mol. The molecule has 0 saturated carbocycles. The van der Waals surface area contributed by atoms with Gasteiger partial charge in [0.15, 0.2) is 0 Å². The first-order chi connectivity index (χ1) is 7.82. The molecule has 0 bridgehead atoms. The summed E-state index contributed by atoms with van der Waals surface area (Å²) in [6.07, 6.45) is 0.0414. The molecule has 0 aromatic rings. The van der Waals surface area contributed by atoms with E-state index in [0.717, 1.165) is 6.54 Å². The number of carboxylic acids is 2. The molecule has 0 aromatic carbocycles. The van der Waals surface area contributed by atoms with Gasteiger partial charge in [0, 0.05) is 26.2 Å². The molecule has 0 spiro atoms. The van der Waals surface area contributed by atoms with Crippen LogP contribution in [0, 0.1) is 5.92 Å². The lowest BCUT2D eigenvalue weighted by Crippen LogP contribution is -2.37. The van der Waals surface area contributed by atoms with Gasteiger partial charge in [-0.05, 0) is 14.1 Å². The van der Waals surface area contributed by atoms with Gasteiger partial charge in [0.1, 0.15) is 0 Å². The molecule has 6 heteroatoms. The van der Waals surface area contributed by atoms with Gasteiger partial charge in [-0.1, -0.05) is 6.92 Å². The highest BCUT2D eigenvalue weighted by Gasteiger charge is 2.16. The number of hydrogen-bond donors (Lipinski definition) is 2. The van der Waals surface area contributed by atoms with Gasteiger partial charge >= 0.3 is 11.9 Å². The minimum absolute atomic E-state index is 0.0414. The number of carbonyl (C=O) groups is 2. The maximum absolute atomic E-state index is 10.8. The van der Waals surface area contributed by atoms with Crippen LogP contribution in [0.2, 0.25) is 0 Å². The third-order valence-corrected chi connectivity index (χ3v) is 2.46. The van der Waals surface area contributed by atoms with Crippen molar-refractivity contribution in [1.82, 2.24) is 9.80 Å². The van der Waals surface area contributed by atoms with Gasteiger partial charge in [-0.25, -0.2) is 0 Å². The summed E-state index contributed by atoms with van der Waals surface area (Å²) in [5.41, 5.74) is 0. The molecule has 0 fully saturated rings. The number of nitrogens with zero attached hydrogens (tertiary/aromatic N) is 2. The summed E-state index contributed by atoms with van der Waals surface area (Å²) in [5, 5.41) is 17.5. The fourth-order valence-corrected chi connectivity index (χ4v) is 1.35. The Bertz CT molecular complexity index is 256. The zero-order chi connectivity index (χ0) is 13.4. The largest absolute Gasteiger partial charge is 0.481 e. The second kappa shape index (κ2) is 8.03. The van der Waals surface area contributed by atoms with E-state index in [2.05, 4.69) is 0 Å². The molecule has 1 unspecified atom stereocenters. The summed E-state index contributed by atoms with van der Waals surface area (Å²) < 4.78 is 0. The average Bonchev–Trinajstić information content (AvgIpc) is 2.21. The van der Waals surface area contributed by atoms with Crippen molar-refractivity contribution in [2.45, 2.75) is 13.3 Å². The minimum Gasteiger partial charge on any atom is -0.481 e. The fraction of sp³-hybridized carbons (Fsp3) is 0.818. The van der Waals surface area contributed by atoms with E-state index in [1.807, 2.05) is 23.9 Å². The molecule has 0 saturated heterocycles. The molecule has 0 heterocycles. The van der Waals surface area contributed by atoms with Crippen molar-refractivity contribution in [3.8, 4) is 0 Å². The van der Waals surface area contributed by atoms with Gasteiger partial charge in [-0.2, -0.15) is 0 Å². The zero-order valence-corrected chi connectivity index (χ0v) is 10.7. The molecule has 0 amide bonds. The van der Waals surface area contributed by atoms with Crippen molar-refractivity contribution >= 4 is 11.9 Å². The van der Waals surface area contributed by atoms with Crippen molar-refractivity contribution in [1.29, 1.82) is 0 Å². The summed E-state index contributed by atoms with van der Waals surface area (Å²) in [6.45, 7) is 3.87. The quantitative estimate of drug-likeness (QED) is 0.598. The molecule has 2 N–H and O–H groups in total. The SMILES string of the molecule is CC(CN(CCC(=O)O)CCN(C)C)C(=O)O. The van der Waals surface area contributed by atoms with Gasteiger partial charge in [0.25, 0.3) is 0 Å². The summed E-state index contributed by atoms with van der Waals surface area (Å²) in [6, 6.07) is 0. The molecule has 0 aliphatic rings. The third-order valence-electron chi connectivity index (χ3n) is 2.46. The Morgan fingerprint density at radius 2 is 1.71 bits per heavy atom. The van der Waals surface area contributed by atoms with Crippen LogP contribution in [0.15, 0.2) is 0 Å². The Labute approximate surface area is 102 Å². The zero-order valence-electron chi connectivity index (χ0n) is 10.7. The van der Waals surface area contributed by atoms with Crippen molar-refractivity contribution in [2.24, 2.45) is 5.92 Å². The van der Waals surface area contributed by atoms with E-state index in [1.54, 1.807) is 6.92 Å². The topological polar surface area (TPSA) is 81.1 Å². The standard InChI is InChI=1S/C11H22N2O4/c1-9(11(16)17)8-13(5-4-10(14)15)7-6-12(2)3/h9H,4-8H2,1-3H3,(H,14,15)(H,16,17). The molecule has 0 aliphatic heterocycles. The Balaban J connectivity index is 4.18. The first-order valence-corrected chi connectivity index (χ1v) is 5.64. The van der Waals surface area contributed by atoms with E-state index in [0.29, 0.717) is 19.6 Å². The van der Waals surface area contributed by atoms with Crippen molar-refractivity contribution in [3.63, 3.8) is 0 Å². The molecular weight excluding hydrogens is 224 g/mol. The molecule has 0 aromatic heterocycles. The molecule has 17 heavy (non-hydrogen) atoms. The smallest absolute Gasteiger partial charge is 0.307 e. The lowest BCUT2D eigenvalue weighted by atomic mass is 10.1. The van der Waals surface area contributed by atoms with Crippen LogP contribution < -0.4 is 0 Å². The first-order valence-electron chi connectivity index (χ1n) is 5.64. The van der Waals surface area contributed by atoms with Crippen LogP contribution in [-0.2, 0) is 9.59 Å².